The van der Waals surface area contributed by atoms with Gasteiger partial charge in [-0.25, -0.2) is 0 Å². The Morgan fingerprint density at radius 1 is 1.50 bits per heavy atom. The van der Waals surface area contributed by atoms with Gasteiger partial charge in [0, 0.05) is 6.07 Å². The molecule has 1 aromatic rings. The van der Waals surface area contributed by atoms with Gasteiger partial charge < -0.3 is 9.47 Å². The van der Waals surface area contributed by atoms with E-state index in [-0.39, 0.29) is 0 Å². The predicted molar refractivity (Wildman–Crippen MR) is 52.7 cm³/mol. The van der Waals surface area contributed by atoms with Crippen LogP contribution in [0.25, 0.3) is 0 Å². The topological polar surface area (TPSA) is 35.5 Å². The number of benzene rings is 1. The van der Waals surface area contributed by atoms with Crippen LogP contribution in [0.15, 0.2) is 36.8 Å². The van der Waals surface area contributed by atoms with Gasteiger partial charge >= 0.3 is 0 Å². The monoisotopic (exact) mass is 190 g/mol. The Balaban J connectivity index is 3.07. The summed E-state index contributed by atoms with van der Waals surface area (Å²) in [6.07, 6.45) is 1.99. The number of carbonyl (C=O) groups excluding carboxylic acids is 1. The third kappa shape index (κ3) is 2.25. The van der Waals surface area contributed by atoms with E-state index in [0.717, 1.165) is 0 Å². The summed E-state index contributed by atoms with van der Waals surface area (Å²) in [6.45, 7) is 3.35. The second-order valence-electron chi connectivity index (χ2n) is 2.46. The summed E-state index contributed by atoms with van der Waals surface area (Å²) in [6, 6.07) is 4.93. The lowest BCUT2D eigenvalue weighted by atomic mass is 10.2. The molecule has 1 aromatic carbocycles. The molecule has 3 heteroatoms. The van der Waals surface area contributed by atoms with Crippen LogP contribution in [0, 0.1) is 0 Å². The van der Waals surface area contributed by atoms with Crippen LogP contribution in [-0.2, 0) is 0 Å². The number of aldehydes is 1. The maximum absolute atomic E-state index is 10.6. The highest BCUT2D eigenvalue weighted by atomic mass is 16.5. The molecule has 0 saturated heterocycles. The van der Waals surface area contributed by atoms with Crippen LogP contribution in [0.3, 0.4) is 0 Å². The number of rotatable bonds is 4. The molecule has 1 rings (SSSR count). The molecule has 0 aliphatic heterocycles. The number of hydrogen-bond acceptors (Lipinski definition) is 3. The third-order valence-corrected chi connectivity index (χ3v) is 1.62. The zero-order valence-electron chi connectivity index (χ0n) is 7.82. The van der Waals surface area contributed by atoms with Crippen LogP contribution in [0.1, 0.15) is 10.4 Å². The third-order valence-electron chi connectivity index (χ3n) is 1.62. The molecule has 72 valence electrons. The molecule has 0 aromatic heterocycles. The SMILES string of the molecule is C=C=COc1cc(OC)ccc1C=O. The van der Waals surface area contributed by atoms with E-state index >= 15 is 0 Å². The lowest BCUT2D eigenvalue weighted by Gasteiger charge is -2.05. The highest BCUT2D eigenvalue weighted by molar-refractivity contribution is 5.79. The maximum atomic E-state index is 10.6. The van der Waals surface area contributed by atoms with Crippen molar-refractivity contribution < 1.29 is 14.3 Å². The molecule has 0 bridgehead atoms. The molecule has 0 atom stereocenters. The fourth-order valence-corrected chi connectivity index (χ4v) is 0.946. The van der Waals surface area contributed by atoms with Gasteiger partial charge in [0.05, 0.1) is 12.7 Å². The van der Waals surface area contributed by atoms with Gasteiger partial charge in [0.1, 0.15) is 17.8 Å². The molecule has 0 N–H and O–H groups in total. The minimum atomic E-state index is 0.426. The van der Waals surface area contributed by atoms with E-state index in [1.807, 2.05) is 0 Å². The first kappa shape index (κ1) is 10.1. The molecule has 14 heavy (non-hydrogen) atoms. The van der Waals surface area contributed by atoms with Crippen LogP contribution in [-0.4, -0.2) is 13.4 Å². The van der Waals surface area contributed by atoms with Gasteiger partial charge in [0.2, 0.25) is 0 Å². The Bertz CT molecular complexity index is 376. The quantitative estimate of drug-likeness (QED) is 0.414. The van der Waals surface area contributed by atoms with Crippen LogP contribution < -0.4 is 9.47 Å². The second kappa shape index (κ2) is 4.90. The summed E-state index contributed by atoms with van der Waals surface area (Å²) in [7, 11) is 1.54. The van der Waals surface area contributed by atoms with Gasteiger partial charge in [0.15, 0.2) is 6.29 Å². The first-order valence-corrected chi connectivity index (χ1v) is 3.96. The normalized spacial score (nSPS) is 8.64. The average Bonchev–Trinajstić information content (AvgIpc) is 2.25. The van der Waals surface area contributed by atoms with E-state index in [1.165, 1.54) is 6.26 Å². The van der Waals surface area contributed by atoms with Gasteiger partial charge in [-0.2, -0.15) is 0 Å². The van der Waals surface area contributed by atoms with Gasteiger partial charge in [0.25, 0.3) is 0 Å². The van der Waals surface area contributed by atoms with Gasteiger partial charge in [-0.15, -0.1) is 0 Å². The van der Waals surface area contributed by atoms with Crippen molar-refractivity contribution in [3.05, 3.63) is 42.3 Å². The molecule has 0 fully saturated rings. The van der Waals surface area contributed by atoms with Crippen molar-refractivity contribution in [3.8, 4) is 11.5 Å². The van der Waals surface area contributed by atoms with Crippen LogP contribution in [0.4, 0.5) is 0 Å². The van der Waals surface area contributed by atoms with E-state index < -0.39 is 0 Å². The minimum Gasteiger partial charge on any atom is -0.497 e. The van der Waals surface area contributed by atoms with Crippen molar-refractivity contribution in [1.29, 1.82) is 0 Å². The Kier molecular flexibility index (Phi) is 3.53. The van der Waals surface area contributed by atoms with Crippen molar-refractivity contribution in [2.45, 2.75) is 0 Å². The first-order chi connectivity index (χ1) is 6.81. The van der Waals surface area contributed by atoms with Gasteiger partial charge in [-0.1, -0.05) is 12.3 Å². The number of methoxy groups -OCH3 is 1. The van der Waals surface area contributed by atoms with Crippen molar-refractivity contribution in [2.24, 2.45) is 0 Å². The molecule has 0 aliphatic rings. The second-order valence-corrected chi connectivity index (χ2v) is 2.46. The predicted octanol–water partition coefficient (Wildman–Crippen LogP) is 2.19. The summed E-state index contributed by atoms with van der Waals surface area (Å²) < 4.78 is 10.1. The Hall–Kier alpha value is -1.99. The lowest BCUT2D eigenvalue weighted by molar-refractivity contribution is 0.112. The highest BCUT2D eigenvalue weighted by Crippen LogP contribution is 2.23. The van der Waals surface area contributed by atoms with E-state index in [1.54, 1.807) is 25.3 Å². The van der Waals surface area contributed by atoms with Gasteiger partial charge in [-0.3, -0.25) is 4.79 Å². The first-order valence-electron chi connectivity index (χ1n) is 3.96. The molecule has 3 nitrogen and oxygen atoms in total. The minimum absolute atomic E-state index is 0.426. The largest absolute Gasteiger partial charge is 0.497 e. The summed E-state index contributed by atoms with van der Waals surface area (Å²) >= 11 is 0. The summed E-state index contributed by atoms with van der Waals surface area (Å²) in [4.78, 5) is 10.6. The molecule has 0 aliphatic carbocycles. The molecule has 0 amide bonds. The summed E-state index contributed by atoms with van der Waals surface area (Å²) in [5.74, 6) is 1.05. The molecule has 0 saturated carbocycles. The highest BCUT2D eigenvalue weighted by Gasteiger charge is 2.03. The van der Waals surface area contributed by atoms with E-state index in [9.17, 15) is 4.79 Å². The zero-order valence-corrected chi connectivity index (χ0v) is 7.82. The molecule has 0 heterocycles. The van der Waals surface area contributed by atoms with Gasteiger partial charge in [-0.05, 0) is 12.1 Å². The van der Waals surface area contributed by atoms with Crippen LogP contribution in [0.2, 0.25) is 0 Å². The Morgan fingerprint density at radius 3 is 2.86 bits per heavy atom. The van der Waals surface area contributed by atoms with Crippen LogP contribution >= 0.6 is 0 Å². The summed E-state index contributed by atoms with van der Waals surface area (Å²) in [5, 5.41) is 0. The summed E-state index contributed by atoms with van der Waals surface area (Å²) in [5.41, 5.74) is 2.91. The zero-order chi connectivity index (χ0) is 10.4. The van der Waals surface area contributed by atoms with Crippen molar-refractivity contribution in [2.75, 3.05) is 7.11 Å². The molecular formula is C11H10O3. The van der Waals surface area contributed by atoms with Crippen molar-refractivity contribution in [1.82, 2.24) is 0 Å². The fraction of sp³-hybridized carbons (Fsp3) is 0.0909. The van der Waals surface area contributed by atoms with Crippen molar-refractivity contribution >= 4 is 6.29 Å². The Labute approximate surface area is 82.3 Å². The van der Waals surface area contributed by atoms with E-state index in [4.69, 9.17) is 9.47 Å². The molecule has 0 radical (unpaired) electrons. The lowest BCUT2D eigenvalue weighted by Crippen LogP contribution is -1.91. The molecule has 0 spiro atoms. The number of hydrogen-bond donors (Lipinski definition) is 0. The smallest absolute Gasteiger partial charge is 0.153 e. The standard InChI is InChI=1S/C11H10O3/c1-3-6-14-11-7-10(13-2)5-4-9(11)8-12/h4-8H,1H2,2H3. The van der Waals surface area contributed by atoms with E-state index in [2.05, 4.69) is 12.3 Å². The Morgan fingerprint density at radius 2 is 2.29 bits per heavy atom. The maximum Gasteiger partial charge on any atom is 0.153 e. The molecule has 0 unspecified atom stereocenters. The number of carbonyl (C=O) groups is 1. The van der Waals surface area contributed by atoms with E-state index in [0.29, 0.717) is 23.3 Å². The van der Waals surface area contributed by atoms with Crippen molar-refractivity contribution in [3.63, 3.8) is 0 Å². The fourth-order valence-electron chi connectivity index (χ4n) is 0.946. The van der Waals surface area contributed by atoms with Crippen LogP contribution in [0.5, 0.6) is 11.5 Å². The average molecular weight is 190 g/mol. The molecular weight excluding hydrogens is 180 g/mol. The number of ether oxygens (including phenoxy) is 2.